The molecule has 92 valence electrons. The van der Waals surface area contributed by atoms with Crippen LogP contribution in [0.2, 0.25) is 0 Å². The van der Waals surface area contributed by atoms with Crippen molar-refractivity contribution in [2.24, 2.45) is 0 Å². The van der Waals surface area contributed by atoms with Crippen molar-refractivity contribution >= 4 is 17.4 Å². The van der Waals surface area contributed by atoms with Crippen molar-refractivity contribution in [2.45, 2.75) is 17.9 Å². The molecule has 1 aliphatic rings. The van der Waals surface area contributed by atoms with Gasteiger partial charge in [0, 0.05) is 16.3 Å². The Balaban J connectivity index is 1.86. The molecule has 1 nitrogen and oxygen atoms in total. The van der Waals surface area contributed by atoms with Crippen molar-refractivity contribution in [1.82, 2.24) is 0 Å². The number of fused-ring (bicyclic) bond motifs is 1. The maximum atomic E-state index is 13.4. The van der Waals surface area contributed by atoms with Gasteiger partial charge >= 0.3 is 0 Å². The van der Waals surface area contributed by atoms with Crippen LogP contribution in [-0.4, -0.2) is 5.75 Å². The summed E-state index contributed by atoms with van der Waals surface area (Å²) < 4.78 is 13.4. The second kappa shape index (κ2) is 4.65. The first-order valence-electron chi connectivity index (χ1n) is 5.98. The summed E-state index contributed by atoms with van der Waals surface area (Å²) in [6, 6.07) is 13.7. The molecule has 3 heteroatoms. The summed E-state index contributed by atoms with van der Waals surface area (Å²) in [7, 11) is 0. The van der Waals surface area contributed by atoms with Crippen LogP contribution in [-0.2, 0) is 0 Å². The number of hydrogen-bond donors (Lipinski definition) is 1. The highest BCUT2D eigenvalue weighted by atomic mass is 32.2. The Kier molecular flexibility index (Phi) is 3.00. The van der Waals surface area contributed by atoms with Crippen LogP contribution in [0.1, 0.15) is 17.2 Å². The van der Waals surface area contributed by atoms with Crippen molar-refractivity contribution in [3.63, 3.8) is 0 Å². The van der Waals surface area contributed by atoms with E-state index in [2.05, 4.69) is 29.6 Å². The summed E-state index contributed by atoms with van der Waals surface area (Å²) in [6.45, 7) is 1.91. The average Bonchev–Trinajstić information content (AvgIpc) is 2.72. The van der Waals surface area contributed by atoms with E-state index in [0.29, 0.717) is 0 Å². The van der Waals surface area contributed by atoms with Gasteiger partial charge in [-0.25, -0.2) is 4.39 Å². The monoisotopic (exact) mass is 259 g/mol. The van der Waals surface area contributed by atoms with Gasteiger partial charge in [-0.1, -0.05) is 18.2 Å². The number of thioether (sulfide) groups is 1. The Morgan fingerprint density at radius 3 is 2.89 bits per heavy atom. The fourth-order valence-electron chi connectivity index (χ4n) is 2.30. The second-order valence-corrected chi connectivity index (χ2v) is 5.62. The number of halogens is 1. The van der Waals surface area contributed by atoms with Crippen molar-refractivity contribution in [1.29, 1.82) is 0 Å². The lowest BCUT2D eigenvalue weighted by molar-refractivity contribution is 0.626. The first kappa shape index (κ1) is 11.6. The zero-order valence-corrected chi connectivity index (χ0v) is 10.9. The van der Waals surface area contributed by atoms with Gasteiger partial charge in [-0.15, -0.1) is 11.8 Å². The zero-order chi connectivity index (χ0) is 12.5. The van der Waals surface area contributed by atoms with Crippen LogP contribution in [0, 0.1) is 12.7 Å². The Morgan fingerprint density at radius 2 is 2.06 bits per heavy atom. The molecule has 0 fully saturated rings. The standard InChI is InChI=1S/C15H14FNS/c1-10-6-11(16)8-12(7-10)17-14-9-18-15-5-3-2-4-13(14)15/h2-8,14,17H,9H2,1H3. The number of rotatable bonds is 2. The average molecular weight is 259 g/mol. The van der Waals surface area contributed by atoms with Gasteiger partial charge in [0.2, 0.25) is 0 Å². The van der Waals surface area contributed by atoms with Crippen LogP contribution >= 0.6 is 11.8 Å². The van der Waals surface area contributed by atoms with Gasteiger partial charge < -0.3 is 5.32 Å². The van der Waals surface area contributed by atoms with Crippen LogP contribution in [0.5, 0.6) is 0 Å². The SMILES string of the molecule is Cc1cc(F)cc(NC2CSc3ccccc32)c1. The molecule has 0 bridgehead atoms. The minimum absolute atomic E-state index is 0.184. The van der Waals surface area contributed by atoms with Gasteiger partial charge in [-0.2, -0.15) is 0 Å². The van der Waals surface area contributed by atoms with Crippen LogP contribution in [0.15, 0.2) is 47.4 Å². The number of hydrogen-bond acceptors (Lipinski definition) is 2. The molecule has 0 aliphatic carbocycles. The summed E-state index contributed by atoms with van der Waals surface area (Å²) in [5, 5.41) is 3.42. The maximum Gasteiger partial charge on any atom is 0.125 e. The van der Waals surface area contributed by atoms with Crippen molar-refractivity contribution in [2.75, 3.05) is 11.1 Å². The molecule has 0 spiro atoms. The maximum absolute atomic E-state index is 13.4. The lowest BCUT2D eigenvalue weighted by Crippen LogP contribution is -2.09. The Hall–Kier alpha value is -1.48. The third-order valence-electron chi connectivity index (χ3n) is 3.08. The highest BCUT2D eigenvalue weighted by Gasteiger charge is 2.22. The molecule has 1 aliphatic heterocycles. The zero-order valence-electron chi connectivity index (χ0n) is 10.1. The predicted molar refractivity (Wildman–Crippen MR) is 74.7 cm³/mol. The first-order chi connectivity index (χ1) is 8.72. The van der Waals surface area contributed by atoms with E-state index in [9.17, 15) is 4.39 Å². The van der Waals surface area contributed by atoms with Gasteiger partial charge in [-0.3, -0.25) is 0 Å². The molecule has 0 saturated heterocycles. The van der Waals surface area contributed by atoms with E-state index in [1.54, 1.807) is 12.1 Å². The van der Waals surface area contributed by atoms with Gasteiger partial charge in [0.1, 0.15) is 5.82 Å². The minimum Gasteiger partial charge on any atom is -0.377 e. The molecule has 1 N–H and O–H groups in total. The fraction of sp³-hybridized carbons (Fsp3) is 0.200. The van der Waals surface area contributed by atoms with Crippen molar-refractivity contribution in [3.8, 4) is 0 Å². The molecular formula is C15H14FNS. The van der Waals surface area contributed by atoms with Gasteiger partial charge in [-0.05, 0) is 42.3 Å². The van der Waals surface area contributed by atoms with Crippen LogP contribution in [0.4, 0.5) is 10.1 Å². The smallest absolute Gasteiger partial charge is 0.125 e. The molecule has 18 heavy (non-hydrogen) atoms. The topological polar surface area (TPSA) is 12.0 Å². The molecule has 0 saturated carbocycles. The van der Waals surface area contributed by atoms with E-state index < -0.39 is 0 Å². The molecule has 1 atom stereocenters. The molecule has 2 aromatic carbocycles. The molecule has 2 aromatic rings. The van der Waals surface area contributed by atoms with E-state index in [-0.39, 0.29) is 11.9 Å². The van der Waals surface area contributed by atoms with E-state index in [1.807, 2.05) is 24.8 Å². The normalized spacial score (nSPS) is 17.6. The van der Waals surface area contributed by atoms with Crippen molar-refractivity contribution in [3.05, 3.63) is 59.4 Å². The molecule has 0 amide bonds. The summed E-state index contributed by atoms with van der Waals surface area (Å²) in [4.78, 5) is 1.32. The lowest BCUT2D eigenvalue weighted by atomic mass is 10.1. The molecule has 1 heterocycles. The molecule has 0 radical (unpaired) electrons. The molecule has 3 rings (SSSR count). The Bertz CT molecular complexity index is 562. The molecule has 1 unspecified atom stereocenters. The Labute approximate surface area is 110 Å². The van der Waals surface area contributed by atoms with Gasteiger partial charge in [0.25, 0.3) is 0 Å². The van der Waals surface area contributed by atoms with Gasteiger partial charge in [0.15, 0.2) is 0 Å². The summed E-state index contributed by atoms with van der Waals surface area (Å²) in [6.07, 6.45) is 0. The number of benzene rings is 2. The van der Waals surface area contributed by atoms with Crippen molar-refractivity contribution < 1.29 is 4.39 Å². The molecule has 0 aromatic heterocycles. The summed E-state index contributed by atoms with van der Waals surface area (Å²) in [5.41, 5.74) is 3.11. The highest BCUT2D eigenvalue weighted by Crippen LogP contribution is 2.39. The van der Waals surface area contributed by atoms with Gasteiger partial charge in [0.05, 0.1) is 6.04 Å². The number of nitrogens with one attached hydrogen (secondary N) is 1. The highest BCUT2D eigenvalue weighted by molar-refractivity contribution is 7.99. The number of anilines is 1. The fourth-order valence-corrected chi connectivity index (χ4v) is 3.46. The lowest BCUT2D eigenvalue weighted by Gasteiger charge is -2.15. The quantitative estimate of drug-likeness (QED) is 0.858. The van der Waals surface area contributed by atoms with Crippen LogP contribution in [0.3, 0.4) is 0 Å². The van der Waals surface area contributed by atoms with E-state index in [1.165, 1.54) is 10.5 Å². The minimum atomic E-state index is -0.184. The predicted octanol–water partition coefficient (Wildman–Crippen LogP) is 4.39. The van der Waals surface area contributed by atoms with E-state index in [0.717, 1.165) is 17.0 Å². The van der Waals surface area contributed by atoms with Crippen LogP contribution < -0.4 is 5.32 Å². The first-order valence-corrected chi connectivity index (χ1v) is 6.96. The Morgan fingerprint density at radius 1 is 1.22 bits per heavy atom. The third-order valence-corrected chi connectivity index (χ3v) is 4.27. The summed E-state index contributed by atoms with van der Waals surface area (Å²) >= 11 is 1.85. The van der Waals surface area contributed by atoms with E-state index >= 15 is 0 Å². The summed E-state index contributed by atoms with van der Waals surface area (Å²) in [5.74, 6) is 0.811. The van der Waals surface area contributed by atoms with Crippen LogP contribution in [0.25, 0.3) is 0 Å². The van der Waals surface area contributed by atoms with E-state index in [4.69, 9.17) is 0 Å². The number of aryl methyl sites for hydroxylation is 1. The second-order valence-electron chi connectivity index (χ2n) is 4.56. The largest absolute Gasteiger partial charge is 0.377 e. The third kappa shape index (κ3) is 2.23. The molecular weight excluding hydrogens is 245 g/mol.